The molecule has 0 saturated carbocycles. The number of amides is 1. The maximum atomic E-state index is 12.8. The number of nitrogens with zero attached hydrogens (tertiary/aromatic N) is 2. The summed E-state index contributed by atoms with van der Waals surface area (Å²) in [5.74, 6) is 0. The van der Waals surface area contributed by atoms with Crippen LogP contribution in [0.25, 0.3) is 0 Å². The van der Waals surface area contributed by atoms with Gasteiger partial charge in [-0.2, -0.15) is 5.26 Å². The van der Waals surface area contributed by atoms with E-state index in [-0.39, 0.29) is 12.6 Å². The Morgan fingerprint density at radius 1 is 1.48 bits per heavy atom. The van der Waals surface area contributed by atoms with Crippen LogP contribution in [0.5, 0.6) is 0 Å². The molecule has 1 amide bonds. The van der Waals surface area contributed by atoms with Gasteiger partial charge in [0.05, 0.1) is 23.2 Å². The maximum Gasteiger partial charge on any atom is 0.407 e. The number of morpholine rings is 1. The first kappa shape index (κ1) is 19.4. The summed E-state index contributed by atoms with van der Waals surface area (Å²) in [7, 11) is -1.45. The molecule has 1 aliphatic rings. The number of carbonyl (C=O) groups is 1. The smallest absolute Gasteiger partial charge is 0.407 e. The third-order valence-electron chi connectivity index (χ3n) is 3.40. The summed E-state index contributed by atoms with van der Waals surface area (Å²) < 4.78 is 25.3. The van der Waals surface area contributed by atoms with Crippen LogP contribution in [0.3, 0.4) is 0 Å². The van der Waals surface area contributed by atoms with Crippen molar-refractivity contribution in [3.63, 3.8) is 0 Å². The van der Waals surface area contributed by atoms with Crippen LogP contribution in [0, 0.1) is 11.3 Å². The molecule has 2 atom stereocenters. The Kier molecular flexibility index (Phi) is 6.53. The monoisotopic (exact) mass is 365 g/mol. The highest BCUT2D eigenvalue weighted by Gasteiger charge is 2.27. The summed E-state index contributed by atoms with van der Waals surface area (Å²) in [6, 6.07) is 8.91. The van der Waals surface area contributed by atoms with Crippen LogP contribution in [0.4, 0.5) is 4.79 Å². The van der Waals surface area contributed by atoms with Crippen molar-refractivity contribution in [3.05, 3.63) is 29.8 Å². The van der Waals surface area contributed by atoms with Crippen LogP contribution in [0.2, 0.25) is 0 Å². The van der Waals surface area contributed by atoms with Gasteiger partial charge in [0.25, 0.3) is 0 Å². The number of ether oxygens (including phenoxy) is 2. The van der Waals surface area contributed by atoms with Crippen molar-refractivity contribution in [2.24, 2.45) is 0 Å². The second-order valence-corrected chi connectivity index (χ2v) is 8.08. The van der Waals surface area contributed by atoms with E-state index >= 15 is 0 Å². The third kappa shape index (κ3) is 5.81. The number of benzene rings is 1. The van der Waals surface area contributed by atoms with E-state index in [0.717, 1.165) is 0 Å². The van der Waals surface area contributed by atoms with Crippen molar-refractivity contribution in [1.29, 1.82) is 5.26 Å². The normalized spacial score (nSPS) is 19.7. The zero-order chi connectivity index (χ0) is 18.4. The van der Waals surface area contributed by atoms with Gasteiger partial charge < -0.3 is 14.8 Å². The number of rotatable bonds is 4. The number of hydrogen-bond donors (Lipinski definition) is 1. The van der Waals surface area contributed by atoms with Crippen molar-refractivity contribution in [1.82, 2.24) is 9.62 Å². The molecule has 0 radical (unpaired) electrons. The van der Waals surface area contributed by atoms with Gasteiger partial charge in [0, 0.05) is 19.6 Å². The van der Waals surface area contributed by atoms with E-state index in [9.17, 15) is 9.00 Å². The quantitative estimate of drug-likeness (QED) is 0.878. The predicted octanol–water partition coefficient (Wildman–Crippen LogP) is 1.81. The molecule has 0 bridgehead atoms. The summed E-state index contributed by atoms with van der Waals surface area (Å²) in [6.07, 6.45) is -0.802. The molecule has 1 fully saturated rings. The van der Waals surface area contributed by atoms with Crippen molar-refractivity contribution in [2.45, 2.75) is 37.4 Å². The average molecular weight is 365 g/mol. The molecule has 25 heavy (non-hydrogen) atoms. The molecular weight excluding hydrogens is 342 g/mol. The van der Waals surface area contributed by atoms with E-state index in [1.807, 2.05) is 0 Å². The van der Waals surface area contributed by atoms with Gasteiger partial charge >= 0.3 is 6.09 Å². The van der Waals surface area contributed by atoms with Crippen LogP contribution in [-0.4, -0.2) is 52.6 Å². The number of nitrogens with one attached hydrogen (secondary N) is 1. The lowest BCUT2D eigenvalue weighted by atomic mass is 10.2. The summed E-state index contributed by atoms with van der Waals surface area (Å²) >= 11 is 0. The lowest BCUT2D eigenvalue weighted by Crippen LogP contribution is -2.48. The van der Waals surface area contributed by atoms with Gasteiger partial charge in [-0.3, -0.25) is 0 Å². The van der Waals surface area contributed by atoms with E-state index in [4.69, 9.17) is 14.7 Å². The van der Waals surface area contributed by atoms with E-state index < -0.39 is 22.7 Å². The molecule has 1 aromatic rings. The minimum absolute atomic E-state index is 0.266. The Morgan fingerprint density at radius 3 is 2.88 bits per heavy atom. The molecule has 1 aromatic carbocycles. The van der Waals surface area contributed by atoms with Gasteiger partial charge in [0.15, 0.2) is 0 Å². The number of nitriles is 1. The van der Waals surface area contributed by atoms with Gasteiger partial charge in [-0.15, -0.1) is 0 Å². The topological polar surface area (TPSA) is 91.7 Å². The highest BCUT2D eigenvalue weighted by molar-refractivity contribution is 7.82. The fourth-order valence-electron chi connectivity index (χ4n) is 2.33. The number of carbonyl (C=O) groups excluding carboxylic acids is 1. The summed E-state index contributed by atoms with van der Waals surface area (Å²) in [4.78, 5) is 12.2. The van der Waals surface area contributed by atoms with Gasteiger partial charge in [0.1, 0.15) is 22.7 Å². The molecule has 2 unspecified atom stereocenters. The van der Waals surface area contributed by atoms with Gasteiger partial charge in [-0.25, -0.2) is 13.3 Å². The maximum absolute atomic E-state index is 12.8. The standard InChI is InChI=1S/C17H23N3O4S/c1-17(2,3)24-16(21)19-11-14-12-20(8-9-23-14)25(22)15-7-5-4-6-13(15)10-18/h4-7,14H,8-9,11-12H2,1-3H3,(H,19,21). The van der Waals surface area contributed by atoms with Crippen molar-refractivity contribution < 1.29 is 18.5 Å². The first-order valence-electron chi connectivity index (χ1n) is 8.04. The van der Waals surface area contributed by atoms with Crippen LogP contribution in [0.15, 0.2) is 29.2 Å². The van der Waals surface area contributed by atoms with Crippen LogP contribution in [-0.2, 0) is 20.5 Å². The lowest BCUT2D eigenvalue weighted by Gasteiger charge is -2.32. The highest BCUT2D eigenvalue weighted by Crippen LogP contribution is 2.18. The average Bonchev–Trinajstić information content (AvgIpc) is 2.58. The molecule has 1 N–H and O–H groups in total. The fourth-order valence-corrected chi connectivity index (χ4v) is 3.65. The first-order chi connectivity index (χ1) is 11.8. The molecular formula is C17H23N3O4S. The molecule has 136 valence electrons. The molecule has 8 heteroatoms. The van der Waals surface area contributed by atoms with Crippen molar-refractivity contribution in [2.75, 3.05) is 26.2 Å². The molecule has 0 spiro atoms. The zero-order valence-corrected chi connectivity index (χ0v) is 15.5. The van der Waals surface area contributed by atoms with E-state index in [1.165, 1.54) is 0 Å². The van der Waals surface area contributed by atoms with E-state index in [0.29, 0.717) is 30.2 Å². The third-order valence-corrected chi connectivity index (χ3v) is 4.94. The number of alkyl carbamates (subject to hydrolysis) is 1. The molecule has 2 rings (SSSR count). The molecule has 1 heterocycles. The Morgan fingerprint density at radius 2 is 2.20 bits per heavy atom. The van der Waals surface area contributed by atoms with Gasteiger partial charge in [-0.1, -0.05) is 12.1 Å². The summed E-state index contributed by atoms with van der Waals surface area (Å²) in [5.41, 5.74) is -0.165. The Balaban J connectivity index is 1.93. The lowest BCUT2D eigenvalue weighted by molar-refractivity contribution is -0.00228. The molecule has 1 aliphatic heterocycles. The molecule has 0 aliphatic carbocycles. The predicted molar refractivity (Wildman–Crippen MR) is 93.1 cm³/mol. The molecule has 0 aromatic heterocycles. The van der Waals surface area contributed by atoms with Gasteiger partial charge in [0.2, 0.25) is 0 Å². The SMILES string of the molecule is CC(C)(C)OC(=O)NCC1CN(S(=O)c2ccccc2C#N)CCO1. The van der Waals surface area contributed by atoms with E-state index in [1.54, 1.807) is 49.3 Å². The summed E-state index contributed by atoms with van der Waals surface area (Å²) in [5, 5.41) is 11.8. The second-order valence-electron chi connectivity index (χ2n) is 6.62. The Labute approximate surface area is 150 Å². The Hall–Kier alpha value is -1.95. The Bertz CT molecular complexity index is 681. The van der Waals surface area contributed by atoms with Crippen molar-refractivity contribution in [3.8, 4) is 6.07 Å². The van der Waals surface area contributed by atoms with Gasteiger partial charge in [-0.05, 0) is 32.9 Å². The molecule has 7 nitrogen and oxygen atoms in total. The molecule has 1 saturated heterocycles. The van der Waals surface area contributed by atoms with Crippen LogP contribution in [0.1, 0.15) is 26.3 Å². The second kappa shape index (κ2) is 8.43. The van der Waals surface area contributed by atoms with Crippen LogP contribution >= 0.6 is 0 Å². The minimum Gasteiger partial charge on any atom is -0.444 e. The zero-order valence-electron chi connectivity index (χ0n) is 14.7. The fraction of sp³-hybridized carbons (Fsp3) is 0.529. The largest absolute Gasteiger partial charge is 0.444 e. The van der Waals surface area contributed by atoms with Crippen molar-refractivity contribution >= 4 is 17.1 Å². The minimum atomic E-state index is -1.45. The highest BCUT2D eigenvalue weighted by atomic mass is 32.2. The first-order valence-corrected chi connectivity index (χ1v) is 9.15. The van der Waals surface area contributed by atoms with Crippen LogP contribution < -0.4 is 5.32 Å². The van der Waals surface area contributed by atoms with E-state index in [2.05, 4.69) is 11.4 Å². The summed E-state index contributed by atoms with van der Waals surface area (Å²) in [6.45, 7) is 6.94. The number of hydrogen-bond acceptors (Lipinski definition) is 5.